The summed E-state index contributed by atoms with van der Waals surface area (Å²) in [6, 6.07) is 0. The van der Waals surface area contributed by atoms with Crippen LogP contribution in [0.25, 0.3) is 0 Å². The molecule has 0 spiro atoms. The molecule has 1 fully saturated rings. The summed E-state index contributed by atoms with van der Waals surface area (Å²) >= 11 is 5.63. The van der Waals surface area contributed by atoms with Gasteiger partial charge in [0.15, 0.2) is 5.89 Å². The average molecular weight is 202 g/mol. The van der Waals surface area contributed by atoms with Crippen molar-refractivity contribution in [1.82, 2.24) is 4.98 Å². The first-order valence-electron chi connectivity index (χ1n) is 4.48. The van der Waals surface area contributed by atoms with Crippen LogP contribution >= 0.6 is 11.6 Å². The predicted octanol–water partition coefficient (Wildman–Crippen LogP) is 2.31. The zero-order chi connectivity index (χ0) is 9.10. The number of oxazole rings is 1. The van der Waals surface area contributed by atoms with Gasteiger partial charge < -0.3 is 9.15 Å². The molecule has 0 aliphatic carbocycles. The minimum atomic E-state index is 0.422. The number of nitrogens with zero attached hydrogens (tertiary/aromatic N) is 1. The SMILES string of the molecule is ClCc1coc(C2CCOCC2)n1. The van der Waals surface area contributed by atoms with Crippen molar-refractivity contribution in [2.75, 3.05) is 13.2 Å². The average Bonchev–Trinajstić information content (AvgIpc) is 2.67. The molecular weight excluding hydrogens is 190 g/mol. The highest BCUT2D eigenvalue weighted by molar-refractivity contribution is 6.16. The van der Waals surface area contributed by atoms with Gasteiger partial charge in [0.05, 0.1) is 11.6 Å². The van der Waals surface area contributed by atoms with E-state index < -0.39 is 0 Å². The molecule has 4 heteroatoms. The molecule has 2 rings (SSSR count). The van der Waals surface area contributed by atoms with Gasteiger partial charge in [-0.1, -0.05) is 0 Å². The van der Waals surface area contributed by atoms with Crippen LogP contribution in [-0.4, -0.2) is 18.2 Å². The van der Waals surface area contributed by atoms with Crippen molar-refractivity contribution in [2.24, 2.45) is 0 Å². The molecule has 1 aliphatic rings. The lowest BCUT2D eigenvalue weighted by Crippen LogP contribution is -2.14. The van der Waals surface area contributed by atoms with Crippen LogP contribution in [0, 0.1) is 0 Å². The van der Waals surface area contributed by atoms with E-state index in [1.807, 2.05) is 0 Å². The molecule has 0 unspecified atom stereocenters. The zero-order valence-corrected chi connectivity index (χ0v) is 8.09. The molecule has 0 N–H and O–H groups in total. The third kappa shape index (κ3) is 2.03. The molecule has 0 aromatic carbocycles. The van der Waals surface area contributed by atoms with E-state index in [-0.39, 0.29) is 0 Å². The topological polar surface area (TPSA) is 35.3 Å². The van der Waals surface area contributed by atoms with E-state index in [1.165, 1.54) is 0 Å². The normalized spacial score (nSPS) is 19.2. The Morgan fingerprint density at radius 3 is 2.85 bits per heavy atom. The van der Waals surface area contributed by atoms with Gasteiger partial charge in [-0.05, 0) is 12.8 Å². The molecular formula is C9H12ClNO2. The monoisotopic (exact) mass is 201 g/mol. The first kappa shape index (κ1) is 9.03. The molecule has 0 atom stereocenters. The Morgan fingerprint density at radius 1 is 1.46 bits per heavy atom. The first-order valence-corrected chi connectivity index (χ1v) is 5.01. The number of halogens is 1. The fourth-order valence-corrected chi connectivity index (χ4v) is 1.64. The van der Waals surface area contributed by atoms with Crippen LogP contribution in [0.3, 0.4) is 0 Å². The van der Waals surface area contributed by atoms with Crippen molar-refractivity contribution in [3.05, 3.63) is 17.8 Å². The largest absolute Gasteiger partial charge is 0.448 e. The van der Waals surface area contributed by atoms with Crippen molar-refractivity contribution >= 4 is 11.6 Å². The number of rotatable bonds is 2. The summed E-state index contributed by atoms with van der Waals surface area (Å²) in [5, 5.41) is 0. The van der Waals surface area contributed by atoms with Crippen LogP contribution < -0.4 is 0 Å². The zero-order valence-electron chi connectivity index (χ0n) is 7.33. The van der Waals surface area contributed by atoms with Crippen molar-refractivity contribution in [2.45, 2.75) is 24.6 Å². The Hall–Kier alpha value is -0.540. The first-order chi connectivity index (χ1) is 6.40. The summed E-state index contributed by atoms with van der Waals surface area (Å²) in [5.41, 5.74) is 0.822. The Balaban J connectivity index is 2.05. The maximum absolute atomic E-state index is 5.63. The van der Waals surface area contributed by atoms with Gasteiger partial charge in [0, 0.05) is 19.1 Å². The van der Waals surface area contributed by atoms with Crippen LogP contribution in [0.2, 0.25) is 0 Å². The third-order valence-electron chi connectivity index (χ3n) is 2.28. The van der Waals surface area contributed by atoms with Crippen molar-refractivity contribution in [3.8, 4) is 0 Å². The fraction of sp³-hybridized carbons (Fsp3) is 0.667. The maximum atomic E-state index is 5.63. The lowest BCUT2D eigenvalue weighted by Gasteiger charge is -2.18. The Kier molecular flexibility index (Phi) is 2.86. The predicted molar refractivity (Wildman–Crippen MR) is 48.9 cm³/mol. The minimum absolute atomic E-state index is 0.422. The molecule has 0 bridgehead atoms. The summed E-state index contributed by atoms with van der Waals surface area (Å²) in [6.45, 7) is 1.62. The number of aromatic nitrogens is 1. The van der Waals surface area contributed by atoms with Crippen LogP contribution in [0.15, 0.2) is 10.7 Å². The van der Waals surface area contributed by atoms with Gasteiger partial charge in [-0.15, -0.1) is 11.6 Å². The lowest BCUT2D eigenvalue weighted by atomic mass is 10.0. The molecule has 72 valence electrons. The van der Waals surface area contributed by atoms with Crippen molar-refractivity contribution in [3.63, 3.8) is 0 Å². The standard InChI is InChI=1S/C9H12ClNO2/c10-5-8-6-13-9(11-8)7-1-3-12-4-2-7/h6-7H,1-5H2. The van der Waals surface area contributed by atoms with Gasteiger partial charge >= 0.3 is 0 Å². The number of hydrogen-bond acceptors (Lipinski definition) is 3. The highest BCUT2D eigenvalue weighted by Gasteiger charge is 2.20. The molecule has 3 nitrogen and oxygen atoms in total. The van der Waals surface area contributed by atoms with Crippen LogP contribution in [-0.2, 0) is 10.6 Å². The second-order valence-corrected chi connectivity index (χ2v) is 3.46. The molecule has 1 saturated heterocycles. The summed E-state index contributed by atoms with van der Waals surface area (Å²) in [6.07, 6.45) is 3.64. The van der Waals surface area contributed by atoms with Crippen LogP contribution in [0.1, 0.15) is 30.3 Å². The summed E-state index contributed by atoms with van der Waals surface area (Å²) in [4.78, 5) is 4.30. The van der Waals surface area contributed by atoms with E-state index in [4.69, 9.17) is 20.8 Å². The van der Waals surface area contributed by atoms with E-state index in [0.717, 1.165) is 37.6 Å². The highest BCUT2D eigenvalue weighted by Crippen LogP contribution is 2.26. The van der Waals surface area contributed by atoms with Crippen molar-refractivity contribution < 1.29 is 9.15 Å². The van der Waals surface area contributed by atoms with Crippen LogP contribution in [0.5, 0.6) is 0 Å². The van der Waals surface area contributed by atoms with Gasteiger partial charge in [-0.25, -0.2) is 4.98 Å². The highest BCUT2D eigenvalue weighted by atomic mass is 35.5. The summed E-state index contributed by atoms with van der Waals surface area (Å²) in [7, 11) is 0. The Morgan fingerprint density at radius 2 is 2.23 bits per heavy atom. The lowest BCUT2D eigenvalue weighted by molar-refractivity contribution is 0.0794. The summed E-state index contributed by atoms with van der Waals surface area (Å²) in [5.74, 6) is 1.66. The molecule has 0 amide bonds. The molecule has 1 aliphatic heterocycles. The van der Waals surface area contributed by atoms with Gasteiger partial charge in [0.25, 0.3) is 0 Å². The van der Waals surface area contributed by atoms with Gasteiger partial charge in [-0.3, -0.25) is 0 Å². The van der Waals surface area contributed by atoms with Crippen molar-refractivity contribution in [1.29, 1.82) is 0 Å². The van der Waals surface area contributed by atoms with E-state index in [1.54, 1.807) is 6.26 Å². The van der Waals surface area contributed by atoms with E-state index >= 15 is 0 Å². The minimum Gasteiger partial charge on any atom is -0.448 e. The van der Waals surface area contributed by atoms with Crippen LogP contribution in [0.4, 0.5) is 0 Å². The molecule has 0 radical (unpaired) electrons. The van der Waals surface area contributed by atoms with E-state index in [0.29, 0.717) is 11.8 Å². The molecule has 2 heterocycles. The Labute approximate surface area is 82.0 Å². The Bertz CT molecular complexity index is 268. The number of ether oxygens (including phenoxy) is 1. The van der Waals surface area contributed by atoms with E-state index in [9.17, 15) is 0 Å². The second kappa shape index (κ2) is 4.11. The van der Waals surface area contributed by atoms with Gasteiger partial charge in [0.1, 0.15) is 6.26 Å². The number of hydrogen-bond donors (Lipinski definition) is 0. The molecule has 0 saturated carbocycles. The molecule has 1 aromatic rings. The third-order valence-corrected chi connectivity index (χ3v) is 2.55. The number of alkyl halides is 1. The smallest absolute Gasteiger partial charge is 0.197 e. The van der Waals surface area contributed by atoms with Gasteiger partial charge in [-0.2, -0.15) is 0 Å². The quantitative estimate of drug-likeness (QED) is 0.689. The van der Waals surface area contributed by atoms with Gasteiger partial charge in [0.2, 0.25) is 0 Å². The fourth-order valence-electron chi connectivity index (χ4n) is 1.52. The molecule has 13 heavy (non-hydrogen) atoms. The van der Waals surface area contributed by atoms with E-state index in [2.05, 4.69) is 4.98 Å². The second-order valence-electron chi connectivity index (χ2n) is 3.20. The molecule has 1 aromatic heterocycles. The summed E-state index contributed by atoms with van der Waals surface area (Å²) < 4.78 is 10.6. The maximum Gasteiger partial charge on any atom is 0.197 e.